The molecule has 9 nitrogen and oxygen atoms in total. The number of ether oxygens (including phenoxy) is 2. The quantitative estimate of drug-likeness (QED) is 0.495. The minimum absolute atomic E-state index is 0.0420. The van der Waals surface area contributed by atoms with Crippen LogP contribution in [0.1, 0.15) is 18.1 Å². The Balaban J connectivity index is 1.56. The molecule has 1 heterocycles. The second-order valence-corrected chi connectivity index (χ2v) is 8.42. The minimum Gasteiger partial charge on any atom is -0.493 e. The fourth-order valence-electron chi connectivity index (χ4n) is 2.70. The molecule has 2 aromatic carbocycles. The smallest absolute Gasteiger partial charge is 0.227 e. The number of nitrogens with zero attached hydrogens (tertiary/aromatic N) is 2. The molecule has 3 rings (SSSR count). The van der Waals surface area contributed by atoms with Crippen LogP contribution in [0.5, 0.6) is 11.5 Å². The predicted molar refractivity (Wildman–Crippen MR) is 108 cm³/mol. The van der Waals surface area contributed by atoms with E-state index in [4.69, 9.17) is 14.0 Å². The van der Waals surface area contributed by atoms with Crippen molar-refractivity contribution >= 4 is 21.4 Å². The number of amides is 1. The summed E-state index contributed by atoms with van der Waals surface area (Å²) >= 11 is 0. The lowest BCUT2D eigenvalue weighted by Gasteiger charge is -2.10. The number of sulfone groups is 1. The van der Waals surface area contributed by atoms with Crippen molar-refractivity contribution in [1.82, 2.24) is 10.1 Å². The van der Waals surface area contributed by atoms with Gasteiger partial charge in [-0.15, -0.1) is 0 Å². The minimum atomic E-state index is -3.75. The predicted octanol–water partition coefficient (Wildman–Crippen LogP) is 2.77. The van der Waals surface area contributed by atoms with Gasteiger partial charge >= 0.3 is 0 Å². The summed E-state index contributed by atoms with van der Waals surface area (Å²) in [6, 6.07) is 9.43. The molecule has 0 saturated carbocycles. The van der Waals surface area contributed by atoms with Gasteiger partial charge in [0.05, 0.1) is 19.1 Å². The van der Waals surface area contributed by atoms with Crippen molar-refractivity contribution in [2.45, 2.75) is 23.5 Å². The van der Waals surface area contributed by atoms with E-state index in [0.717, 1.165) is 12.1 Å². The van der Waals surface area contributed by atoms with Crippen LogP contribution in [0.3, 0.4) is 0 Å². The third kappa shape index (κ3) is 5.79. The van der Waals surface area contributed by atoms with E-state index in [0.29, 0.717) is 17.2 Å². The molecule has 0 unspecified atom stereocenters. The van der Waals surface area contributed by atoms with Gasteiger partial charge in [0.1, 0.15) is 11.6 Å². The molecular formula is C20H20FN3O6S. The topological polar surface area (TPSA) is 121 Å². The molecule has 1 aromatic heterocycles. The highest BCUT2D eigenvalue weighted by molar-refractivity contribution is 7.90. The largest absolute Gasteiger partial charge is 0.493 e. The Hall–Kier alpha value is -3.47. The van der Waals surface area contributed by atoms with Gasteiger partial charge in [0.2, 0.25) is 11.8 Å². The zero-order chi connectivity index (χ0) is 22.4. The third-order valence-electron chi connectivity index (χ3n) is 4.24. The summed E-state index contributed by atoms with van der Waals surface area (Å²) in [7, 11) is -0.748. The van der Waals surface area contributed by atoms with Gasteiger partial charge < -0.3 is 19.3 Å². The fraction of sp³-hybridized carbons (Fsp3) is 0.250. The lowest BCUT2D eigenvalue weighted by Crippen LogP contribution is -2.12. The molecule has 0 bridgehead atoms. The molecule has 3 aromatic rings. The van der Waals surface area contributed by atoms with Crippen LogP contribution < -0.4 is 14.8 Å². The van der Waals surface area contributed by atoms with Crippen molar-refractivity contribution in [2.24, 2.45) is 0 Å². The SMILES string of the molecule is COc1ccc(NC(=O)CCc2nc(CS(=O)(=O)c3ccc(F)cc3)no2)cc1OC. The van der Waals surface area contributed by atoms with Crippen LogP contribution in [-0.2, 0) is 26.8 Å². The highest BCUT2D eigenvalue weighted by Crippen LogP contribution is 2.29. The second-order valence-electron chi connectivity index (χ2n) is 6.44. The number of carbonyl (C=O) groups is 1. The van der Waals surface area contributed by atoms with Crippen LogP contribution >= 0.6 is 0 Å². The van der Waals surface area contributed by atoms with Crippen LogP contribution in [-0.4, -0.2) is 38.7 Å². The number of anilines is 1. The Morgan fingerprint density at radius 1 is 1.10 bits per heavy atom. The van der Waals surface area contributed by atoms with Gasteiger partial charge in [0.15, 0.2) is 27.2 Å². The first-order chi connectivity index (χ1) is 14.8. The third-order valence-corrected chi connectivity index (χ3v) is 5.86. The lowest BCUT2D eigenvalue weighted by molar-refractivity contribution is -0.116. The van der Waals surface area contributed by atoms with E-state index in [2.05, 4.69) is 15.5 Å². The van der Waals surface area contributed by atoms with Crippen molar-refractivity contribution in [3.05, 3.63) is 60.0 Å². The van der Waals surface area contributed by atoms with Crippen molar-refractivity contribution in [3.63, 3.8) is 0 Å². The molecular weight excluding hydrogens is 429 g/mol. The first kappa shape index (κ1) is 22.2. The van der Waals surface area contributed by atoms with E-state index in [1.807, 2.05) is 0 Å². The molecule has 1 N–H and O–H groups in total. The fourth-order valence-corrected chi connectivity index (χ4v) is 3.88. The summed E-state index contributed by atoms with van der Waals surface area (Å²) in [5.41, 5.74) is 0.527. The van der Waals surface area contributed by atoms with Crippen LogP contribution in [0.4, 0.5) is 10.1 Å². The van der Waals surface area contributed by atoms with E-state index in [1.54, 1.807) is 18.2 Å². The van der Waals surface area contributed by atoms with Crippen molar-refractivity contribution in [2.75, 3.05) is 19.5 Å². The number of rotatable bonds is 9. The molecule has 0 fully saturated rings. The van der Waals surface area contributed by atoms with Gasteiger partial charge in [-0.25, -0.2) is 12.8 Å². The first-order valence-corrected chi connectivity index (χ1v) is 10.8. The van der Waals surface area contributed by atoms with Gasteiger partial charge in [-0.05, 0) is 36.4 Å². The van der Waals surface area contributed by atoms with E-state index in [9.17, 15) is 17.6 Å². The molecule has 0 aliphatic heterocycles. The summed E-state index contributed by atoms with van der Waals surface area (Å²) in [4.78, 5) is 16.2. The van der Waals surface area contributed by atoms with Crippen molar-refractivity contribution in [1.29, 1.82) is 0 Å². The van der Waals surface area contributed by atoms with Gasteiger partial charge in [-0.1, -0.05) is 5.16 Å². The van der Waals surface area contributed by atoms with Crippen molar-refractivity contribution in [3.8, 4) is 11.5 Å². The highest BCUT2D eigenvalue weighted by Gasteiger charge is 2.20. The van der Waals surface area contributed by atoms with E-state index in [-0.39, 0.29) is 35.4 Å². The van der Waals surface area contributed by atoms with Crippen LogP contribution in [0, 0.1) is 5.82 Å². The number of hydrogen-bond donors (Lipinski definition) is 1. The number of halogens is 1. The summed E-state index contributed by atoms with van der Waals surface area (Å²) in [5, 5.41) is 6.37. The van der Waals surface area contributed by atoms with Gasteiger partial charge in [-0.3, -0.25) is 4.79 Å². The number of aryl methyl sites for hydroxylation is 1. The van der Waals surface area contributed by atoms with E-state index < -0.39 is 21.4 Å². The van der Waals surface area contributed by atoms with Crippen molar-refractivity contribution < 1.29 is 31.6 Å². The molecule has 0 aliphatic rings. The second kappa shape index (κ2) is 9.56. The average molecular weight is 449 g/mol. The maximum Gasteiger partial charge on any atom is 0.227 e. The molecule has 11 heteroatoms. The molecule has 0 spiro atoms. The highest BCUT2D eigenvalue weighted by atomic mass is 32.2. The molecule has 31 heavy (non-hydrogen) atoms. The first-order valence-electron chi connectivity index (χ1n) is 9.12. The van der Waals surface area contributed by atoms with Gasteiger partial charge in [0.25, 0.3) is 0 Å². The van der Waals surface area contributed by atoms with Crippen LogP contribution in [0.2, 0.25) is 0 Å². The van der Waals surface area contributed by atoms with Crippen LogP contribution in [0.15, 0.2) is 51.9 Å². The zero-order valence-corrected chi connectivity index (χ0v) is 17.6. The Labute approximate surface area is 178 Å². The number of carbonyl (C=O) groups excluding carboxylic acids is 1. The maximum absolute atomic E-state index is 13.0. The normalized spacial score (nSPS) is 11.2. The summed E-state index contributed by atoms with van der Waals surface area (Å²) in [6.07, 6.45) is 0.170. The van der Waals surface area contributed by atoms with Gasteiger partial charge in [-0.2, -0.15) is 4.98 Å². The number of benzene rings is 2. The Morgan fingerprint density at radius 3 is 2.48 bits per heavy atom. The average Bonchev–Trinajstić information content (AvgIpc) is 3.19. The molecule has 0 radical (unpaired) electrons. The standard InChI is InChI=1S/C20H20FN3O6S/c1-28-16-8-5-14(11-17(16)29-2)22-19(25)9-10-20-23-18(24-30-20)12-31(26,27)15-6-3-13(21)4-7-15/h3-8,11H,9-10,12H2,1-2H3,(H,22,25). The number of aromatic nitrogens is 2. The Morgan fingerprint density at radius 2 is 1.81 bits per heavy atom. The lowest BCUT2D eigenvalue weighted by atomic mass is 10.2. The molecule has 164 valence electrons. The Bertz CT molecular complexity index is 1160. The summed E-state index contributed by atoms with van der Waals surface area (Å²) in [6.45, 7) is 0. The van der Waals surface area contributed by atoms with Crippen LogP contribution in [0.25, 0.3) is 0 Å². The molecule has 0 atom stereocenters. The van der Waals surface area contributed by atoms with Gasteiger partial charge in [0, 0.05) is 24.6 Å². The molecule has 0 aliphatic carbocycles. The van der Waals surface area contributed by atoms with E-state index >= 15 is 0 Å². The maximum atomic E-state index is 13.0. The number of methoxy groups -OCH3 is 2. The molecule has 0 saturated heterocycles. The van der Waals surface area contributed by atoms with E-state index in [1.165, 1.54) is 26.4 Å². The number of nitrogens with one attached hydrogen (secondary N) is 1. The summed E-state index contributed by atoms with van der Waals surface area (Å²) in [5.74, 6) is -0.233. The zero-order valence-electron chi connectivity index (χ0n) is 16.8. The summed E-state index contributed by atoms with van der Waals surface area (Å²) < 4.78 is 53.1. The number of hydrogen-bond acceptors (Lipinski definition) is 8. The Kier molecular flexibility index (Phi) is 6.85. The monoisotopic (exact) mass is 449 g/mol. The molecule has 1 amide bonds.